The molecule has 1 aliphatic rings. The van der Waals surface area contributed by atoms with E-state index in [1.807, 2.05) is 41.3 Å². The molecule has 6 nitrogen and oxygen atoms in total. The third kappa shape index (κ3) is 7.61. The summed E-state index contributed by atoms with van der Waals surface area (Å²) >= 11 is 0. The zero-order chi connectivity index (χ0) is 26.9. The molecule has 1 aliphatic heterocycles. The maximum atomic E-state index is 13.5. The molecular formula is C30H33F2N3O3. The smallest absolute Gasteiger partial charge is 0.387 e. The molecule has 4 rings (SSSR count). The number of hydrogen-bond acceptors (Lipinski definition) is 4. The van der Waals surface area contributed by atoms with Crippen LogP contribution in [-0.4, -0.2) is 53.9 Å². The van der Waals surface area contributed by atoms with E-state index in [9.17, 15) is 18.4 Å². The Labute approximate surface area is 222 Å². The van der Waals surface area contributed by atoms with E-state index in [1.165, 1.54) is 6.92 Å². The first kappa shape index (κ1) is 27.3. The summed E-state index contributed by atoms with van der Waals surface area (Å²) in [5.74, 6) is 0.135. The summed E-state index contributed by atoms with van der Waals surface area (Å²) in [4.78, 5) is 29.3. The number of Topliss-reactive ketones (excluding diaryl/α,β-unsaturated/α-hetero) is 1. The number of likely N-dealkylation sites (tertiary alicyclic amines) is 1. The SMILES string of the molecule is CC(=O)c1cccc(NC(=O)N(CCc2ccccc2)C2CCN(Cc3ccccc3OC(F)F)CC2)c1. The number of alkyl halides is 2. The molecule has 0 radical (unpaired) electrons. The minimum atomic E-state index is -2.87. The fraction of sp³-hybridized carbons (Fsp3) is 0.333. The monoisotopic (exact) mass is 521 g/mol. The number of urea groups is 1. The van der Waals surface area contributed by atoms with Gasteiger partial charge in [-0.25, -0.2) is 4.79 Å². The third-order valence-corrected chi connectivity index (χ3v) is 6.85. The number of para-hydroxylation sites is 1. The van der Waals surface area contributed by atoms with Crippen molar-refractivity contribution in [2.75, 3.05) is 25.0 Å². The van der Waals surface area contributed by atoms with Gasteiger partial charge in [-0.15, -0.1) is 0 Å². The van der Waals surface area contributed by atoms with E-state index in [4.69, 9.17) is 0 Å². The van der Waals surface area contributed by atoms with Gasteiger partial charge in [-0.05, 0) is 49.9 Å². The lowest BCUT2D eigenvalue weighted by atomic mass is 10.0. The maximum Gasteiger partial charge on any atom is 0.387 e. The van der Waals surface area contributed by atoms with Gasteiger partial charge in [0.05, 0.1) is 0 Å². The third-order valence-electron chi connectivity index (χ3n) is 6.85. The average molecular weight is 522 g/mol. The number of carbonyl (C=O) groups is 2. The quantitative estimate of drug-likeness (QED) is 0.321. The highest BCUT2D eigenvalue weighted by atomic mass is 19.3. The van der Waals surface area contributed by atoms with E-state index in [2.05, 4.69) is 15.0 Å². The molecule has 0 bridgehead atoms. The zero-order valence-electron chi connectivity index (χ0n) is 21.5. The number of nitrogens with one attached hydrogen (secondary N) is 1. The van der Waals surface area contributed by atoms with Crippen molar-refractivity contribution in [3.8, 4) is 5.75 Å². The molecular weight excluding hydrogens is 488 g/mol. The van der Waals surface area contributed by atoms with Crippen molar-refractivity contribution in [2.45, 2.75) is 45.4 Å². The van der Waals surface area contributed by atoms with Crippen molar-refractivity contribution in [3.05, 3.63) is 95.6 Å². The number of halogens is 2. The van der Waals surface area contributed by atoms with Crippen LogP contribution < -0.4 is 10.1 Å². The van der Waals surface area contributed by atoms with Crippen LogP contribution in [-0.2, 0) is 13.0 Å². The first-order valence-corrected chi connectivity index (χ1v) is 12.9. The van der Waals surface area contributed by atoms with Crippen molar-refractivity contribution in [1.82, 2.24) is 9.80 Å². The normalized spacial score (nSPS) is 14.3. The van der Waals surface area contributed by atoms with Crippen LogP contribution in [0.1, 0.15) is 41.3 Å². The number of anilines is 1. The molecule has 0 atom stereocenters. The van der Waals surface area contributed by atoms with Gasteiger partial charge in [0.2, 0.25) is 0 Å². The Balaban J connectivity index is 1.43. The molecule has 0 unspecified atom stereocenters. The molecule has 0 spiro atoms. The van der Waals surface area contributed by atoms with Crippen LogP contribution >= 0.6 is 0 Å². The van der Waals surface area contributed by atoms with Gasteiger partial charge in [-0.1, -0.05) is 60.7 Å². The van der Waals surface area contributed by atoms with Crippen LogP contribution in [0.25, 0.3) is 0 Å². The number of ether oxygens (including phenoxy) is 1. The van der Waals surface area contributed by atoms with Gasteiger partial charge in [0.25, 0.3) is 0 Å². The summed E-state index contributed by atoms with van der Waals surface area (Å²) in [6, 6.07) is 23.7. The molecule has 1 fully saturated rings. The van der Waals surface area contributed by atoms with Crippen LogP contribution in [0.3, 0.4) is 0 Å². The number of rotatable bonds is 10. The summed E-state index contributed by atoms with van der Waals surface area (Å²) in [6.45, 7) is 1.14. The second-order valence-corrected chi connectivity index (χ2v) is 9.49. The zero-order valence-corrected chi connectivity index (χ0v) is 21.5. The van der Waals surface area contributed by atoms with Crippen molar-refractivity contribution in [3.63, 3.8) is 0 Å². The molecule has 38 heavy (non-hydrogen) atoms. The molecule has 0 saturated carbocycles. The summed E-state index contributed by atoms with van der Waals surface area (Å²) < 4.78 is 30.3. The standard InChI is InChI=1S/C30H33F2N3O3/c1-22(36)24-11-7-12-26(20-24)33-30(37)35(19-14-23-8-3-2-4-9-23)27-15-17-34(18-16-27)21-25-10-5-6-13-28(25)38-29(31)32/h2-13,20,27,29H,14-19,21H2,1H3,(H,33,37). The molecule has 1 heterocycles. The first-order chi connectivity index (χ1) is 18.4. The lowest BCUT2D eigenvalue weighted by Gasteiger charge is -2.38. The molecule has 3 aromatic carbocycles. The van der Waals surface area contributed by atoms with Gasteiger partial charge >= 0.3 is 12.6 Å². The Hall–Kier alpha value is -3.78. The molecule has 0 aliphatic carbocycles. The second-order valence-electron chi connectivity index (χ2n) is 9.49. The van der Waals surface area contributed by atoms with Crippen LogP contribution in [0.5, 0.6) is 5.75 Å². The molecule has 3 aromatic rings. The Morgan fingerprint density at radius 2 is 1.71 bits per heavy atom. The second kappa shape index (κ2) is 13.1. The van der Waals surface area contributed by atoms with Crippen LogP contribution in [0.4, 0.5) is 19.3 Å². The number of amides is 2. The fourth-order valence-electron chi connectivity index (χ4n) is 4.83. The van der Waals surface area contributed by atoms with Crippen molar-refractivity contribution in [1.29, 1.82) is 0 Å². The fourth-order valence-corrected chi connectivity index (χ4v) is 4.83. The number of ketones is 1. The molecule has 8 heteroatoms. The first-order valence-electron chi connectivity index (χ1n) is 12.9. The van der Waals surface area contributed by atoms with Crippen molar-refractivity contribution < 1.29 is 23.1 Å². The Kier molecular flexibility index (Phi) is 9.43. The van der Waals surface area contributed by atoms with Crippen molar-refractivity contribution >= 4 is 17.5 Å². The molecule has 1 saturated heterocycles. The van der Waals surface area contributed by atoms with E-state index in [-0.39, 0.29) is 23.6 Å². The minimum Gasteiger partial charge on any atom is -0.434 e. The van der Waals surface area contributed by atoms with E-state index < -0.39 is 6.61 Å². The number of piperidine rings is 1. The number of nitrogens with zero attached hydrogens (tertiary/aromatic N) is 2. The molecule has 200 valence electrons. The lowest BCUT2D eigenvalue weighted by molar-refractivity contribution is -0.0508. The van der Waals surface area contributed by atoms with Crippen LogP contribution in [0.15, 0.2) is 78.9 Å². The molecule has 2 amide bonds. The van der Waals surface area contributed by atoms with E-state index in [1.54, 1.807) is 42.5 Å². The summed E-state index contributed by atoms with van der Waals surface area (Å²) in [5, 5.41) is 2.98. The number of carbonyl (C=O) groups excluding carboxylic acids is 2. The molecule has 1 N–H and O–H groups in total. The summed E-state index contributed by atoms with van der Waals surface area (Å²) in [6.07, 6.45) is 2.24. The highest BCUT2D eigenvalue weighted by Gasteiger charge is 2.28. The highest BCUT2D eigenvalue weighted by molar-refractivity contribution is 5.96. The number of hydrogen-bond donors (Lipinski definition) is 1. The predicted molar refractivity (Wildman–Crippen MR) is 144 cm³/mol. The summed E-state index contributed by atoms with van der Waals surface area (Å²) in [5.41, 5.74) is 3.00. The average Bonchev–Trinajstić information content (AvgIpc) is 2.91. The Morgan fingerprint density at radius 3 is 2.42 bits per heavy atom. The van der Waals surface area contributed by atoms with Gasteiger partial charge < -0.3 is 15.0 Å². The van der Waals surface area contributed by atoms with Crippen molar-refractivity contribution in [2.24, 2.45) is 0 Å². The summed E-state index contributed by atoms with van der Waals surface area (Å²) in [7, 11) is 0. The largest absolute Gasteiger partial charge is 0.434 e. The Bertz CT molecular complexity index is 1210. The van der Waals surface area contributed by atoms with E-state index in [0.29, 0.717) is 24.3 Å². The van der Waals surface area contributed by atoms with Gasteiger partial charge in [-0.2, -0.15) is 8.78 Å². The maximum absolute atomic E-state index is 13.5. The Morgan fingerprint density at radius 1 is 1.00 bits per heavy atom. The van der Waals surface area contributed by atoms with Gasteiger partial charge in [0, 0.05) is 49.0 Å². The molecule has 0 aromatic heterocycles. The van der Waals surface area contributed by atoms with E-state index in [0.717, 1.165) is 43.5 Å². The highest BCUT2D eigenvalue weighted by Crippen LogP contribution is 2.25. The lowest BCUT2D eigenvalue weighted by Crippen LogP contribution is -2.49. The minimum absolute atomic E-state index is 0.0264. The number of benzene rings is 3. The predicted octanol–water partition coefficient (Wildman–Crippen LogP) is 6.23. The topological polar surface area (TPSA) is 61.9 Å². The van der Waals surface area contributed by atoms with Gasteiger partial charge in [0.15, 0.2) is 5.78 Å². The van der Waals surface area contributed by atoms with Gasteiger partial charge in [-0.3, -0.25) is 9.69 Å². The van der Waals surface area contributed by atoms with E-state index >= 15 is 0 Å². The van der Waals surface area contributed by atoms with Gasteiger partial charge in [0.1, 0.15) is 5.75 Å². The van der Waals surface area contributed by atoms with Crippen LogP contribution in [0, 0.1) is 0 Å². The van der Waals surface area contributed by atoms with Crippen LogP contribution in [0.2, 0.25) is 0 Å².